The van der Waals surface area contributed by atoms with Crippen molar-refractivity contribution in [2.45, 2.75) is 38.5 Å². The first kappa shape index (κ1) is 58.4. The number of aliphatic hydroxyl groups is 1. The molecule has 0 bridgehead atoms. The van der Waals surface area contributed by atoms with Gasteiger partial charge in [-0.1, -0.05) is 0 Å². The second-order valence-corrected chi connectivity index (χ2v) is 16.9. The Balaban J connectivity index is 0.000000194. The molecular formula is C52H56F3N9O12. The topological polar surface area (TPSA) is 320 Å². The van der Waals surface area contributed by atoms with E-state index in [-0.39, 0.29) is 64.0 Å². The molecule has 21 nitrogen and oxygen atoms in total. The number of carboxylic acids is 1. The minimum atomic E-state index is -0.682. The number of benzene rings is 3. The molecule has 9 rings (SSSR count). The fourth-order valence-corrected chi connectivity index (χ4v) is 7.55. The molecule has 6 heterocycles. The number of hydrogen-bond donors (Lipinski definition) is 6. The fourth-order valence-electron chi connectivity index (χ4n) is 7.55. The van der Waals surface area contributed by atoms with E-state index in [1.807, 2.05) is 0 Å². The number of halogens is 3. The van der Waals surface area contributed by atoms with Gasteiger partial charge in [-0.3, -0.25) is 39.6 Å². The van der Waals surface area contributed by atoms with Crippen molar-refractivity contribution in [3.05, 3.63) is 147 Å². The zero-order valence-electron chi connectivity index (χ0n) is 41.1. The number of carbonyl (C=O) groups is 3. The van der Waals surface area contributed by atoms with E-state index >= 15 is 0 Å². The van der Waals surface area contributed by atoms with Gasteiger partial charge in [0.2, 0.25) is 11.8 Å². The fraction of sp³-hybridized carbons (Fsp3) is 0.308. The van der Waals surface area contributed by atoms with Gasteiger partial charge in [0.1, 0.15) is 41.2 Å². The van der Waals surface area contributed by atoms with Crippen LogP contribution in [0.1, 0.15) is 38.5 Å². The molecule has 8 N–H and O–H groups in total. The molecule has 3 aromatic carbocycles. The quantitative estimate of drug-likeness (QED) is 0.0553. The van der Waals surface area contributed by atoms with Crippen LogP contribution in [-0.4, -0.2) is 99.5 Å². The average molecular weight is 1060 g/mol. The van der Waals surface area contributed by atoms with Crippen molar-refractivity contribution in [1.82, 2.24) is 15.0 Å². The Labute approximate surface area is 433 Å². The van der Waals surface area contributed by atoms with Crippen LogP contribution in [0.3, 0.4) is 0 Å². The number of aliphatic hydroxyl groups excluding tert-OH is 1. The standard InChI is InChI=1S/C17H16FN3O4.C17H18FN3O2.C11H8FN3O2.C6H10O3.CH4O/c18-13-3-1-11(2-4-13)14-9-15(16(10-19-14)21(23)24)20-17(22)12-5-7-25-8-6-12;18-13-3-1-11(2-4-13)15-9-16(14(19)10-20-15)21-17(22)12-5-7-23-8-6-12;12-8-3-1-7(2-4-8)10-5-9(13)11(6-14-10)15(16)17;7-6(8)5-1-3-9-4-2-5;1-2/h1-4,9-10,12H,5-8H2,(H,19,20,22);1-4,9-10,12H,5-8,19H2,(H,20,21,22);1-6H,(H2,13,14);5H,1-4H2,(H,7,8);2H,1H3. The minimum Gasteiger partial charge on any atom is -0.481 e. The highest BCUT2D eigenvalue weighted by Crippen LogP contribution is 2.31. The number of ether oxygens (including phenoxy) is 3. The van der Waals surface area contributed by atoms with Gasteiger partial charge in [0.05, 0.1) is 50.4 Å². The number of nitrogens with zero attached hydrogens (tertiary/aromatic N) is 5. The largest absolute Gasteiger partial charge is 0.481 e. The number of amides is 2. The van der Waals surface area contributed by atoms with Crippen molar-refractivity contribution in [3.63, 3.8) is 0 Å². The summed E-state index contributed by atoms with van der Waals surface area (Å²) < 4.78 is 54.3. The molecule has 0 spiro atoms. The molecule has 3 fully saturated rings. The Morgan fingerprint density at radius 1 is 0.526 bits per heavy atom. The number of nitro groups is 2. The molecule has 0 unspecified atom stereocenters. The Morgan fingerprint density at radius 2 is 0.855 bits per heavy atom. The number of carboxylic acid groups (broad SMARTS) is 1. The highest BCUT2D eigenvalue weighted by molar-refractivity contribution is 5.96. The van der Waals surface area contributed by atoms with E-state index in [1.165, 1.54) is 79.0 Å². The van der Waals surface area contributed by atoms with E-state index in [2.05, 4.69) is 25.6 Å². The van der Waals surface area contributed by atoms with E-state index in [0.29, 0.717) is 118 Å². The number of anilines is 4. The van der Waals surface area contributed by atoms with Crippen LogP contribution in [-0.2, 0) is 28.6 Å². The molecule has 0 atom stereocenters. The van der Waals surface area contributed by atoms with E-state index in [1.54, 1.807) is 18.2 Å². The van der Waals surface area contributed by atoms with Crippen molar-refractivity contribution in [2.75, 3.05) is 68.9 Å². The van der Waals surface area contributed by atoms with Crippen LogP contribution in [0, 0.1) is 55.4 Å². The summed E-state index contributed by atoms with van der Waals surface area (Å²) in [4.78, 5) is 67.8. The number of nitrogen functional groups attached to an aromatic ring is 2. The molecule has 3 aliphatic rings. The number of aliphatic carboxylic acids is 1. The lowest BCUT2D eigenvalue weighted by Crippen LogP contribution is -2.28. The molecule has 0 radical (unpaired) electrons. The van der Waals surface area contributed by atoms with Crippen molar-refractivity contribution in [3.8, 4) is 33.8 Å². The third-order valence-corrected chi connectivity index (χ3v) is 11.8. The summed E-state index contributed by atoms with van der Waals surface area (Å²) in [6, 6.07) is 21.8. The van der Waals surface area contributed by atoms with Crippen molar-refractivity contribution in [1.29, 1.82) is 0 Å². The molecule has 3 saturated heterocycles. The van der Waals surface area contributed by atoms with Crippen molar-refractivity contribution in [2.24, 2.45) is 17.8 Å². The predicted octanol–water partition coefficient (Wildman–Crippen LogP) is 8.48. The molecule has 3 aliphatic heterocycles. The number of carbonyl (C=O) groups excluding carboxylic acids is 2. The summed E-state index contributed by atoms with van der Waals surface area (Å²) in [7, 11) is 1.00. The first-order valence-corrected chi connectivity index (χ1v) is 23.7. The smallest absolute Gasteiger partial charge is 0.310 e. The Kier molecular flexibility index (Phi) is 22.6. The van der Waals surface area contributed by atoms with Crippen LogP contribution in [0.2, 0.25) is 0 Å². The third-order valence-electron chi connectivity index (χ3n) is 11.8. The lowest BCUT2D eigenvalue weighted by Gasteiger charge is -2.21. The van der Waals surface area contributed by atoms with Crippen LogP contribution >= 0.6 is 0 Å². The predicted molar refractivity (Wildman–Crippen MR) is 275 cm³/mol. The zero-order valence-corrected chi connectivity index (χ0v) is 41.1. The molecule has 402 valence electrons. The Hall–Kier alpha value is -8.45. The summed E-state index contributed by atoms with van der Waals surface area (Å²) >= 11 is 0. The van der Waals surface area contributed by atoms with E-state index in [9.17, 15) is 47.8 Å². The second-order valence-electron chi connectivity index (χ2n) is 16.9. The Morgan fingerprint density at radius 3 is 1.21 bits per heavy atom. The molecular weight excluding hydrogens is 1000 g/mol. The first-order chi connectivity index (χ1) is 36.6. The van der Waals surface area contributed by atoms with Crippen LogP contribution in [0.5, 0.6) is 0 Å². The Bertz CT molecular complexity index is 2890. The van der Waals surface area contributed by atoms with E-state index in [4.69, 9.17) is 35.9 Å². The van der Waals surface area contributed by atoms with Gasteiger partial charge in [0.25, 0.3) is 0 Å². The third kappa shape index (κ3) is 17.6. The maximum Gasteiger partial charge on any atom is 0.310 e. The monoisotopic (exact) mass is 1060 g/mol. The summed E-state index contributed by atoms with van der Waals surface area (Å²) in [5.74, 6) is -2.53. The van der Waals surface area contributed by atoms with Gasteiger partial charge in [0.15, 0.2) is 0 Å². The van der Waals surface area contributed by atoms with Crippen LogP contribution in [0.4, 0.5) is 47.3 Å². The summed E-state index contributed by atoms with van der Waals surface area (Å²) in [6.07, 6.45) is 7.61. The molecule has 6 aromatic rings. The van der Waals surface area contributed by atoms with Crippen molar-refractivity contribution < 1.29 is 61.8 Å². The number of hydrogen-bond acceptors (Lipinski definition) is 16. The van der Waals surface area contributed by atoms with Gasteiger partial charge in [-0.15, -0.1) is 0 Å². The number of aromatic nitrogens is 3. The van der Waals surface area contributed by atoms with Crippen LogP contribution in [0.15, 0.2) is 110 Å². The highest BCUT2D eigenvalue weighted by atomic mass is 19.1. The number of pyridine rings is 3. The molecule has 0 saturated carbocycles. The number of nitrogens with two attached hydrogens (primary N) is 2. The minimum absolute atomic E-state index is 0.0318. The maximum atomic E-state index is 13.1. The lowest BCUT2D eigenvalue weighted by atomic mass is 9.99. The molecule has 76 heavy (non-hydrogen) atoms. The first-order valence-electron chi connectivity index (χ1n) is 23.7. The van der Waals surface area contributed by atoms with Gasteiger partial charge in [0, 0.05) is 75.3 Å². The van der Waals surface area contributed by atoms with Gasteiger partial charge in [-0.2, -0.15) is 0 Å². The summed E-state index contributed by atoms with van der Waals surface area (Å²) in [5, 5.41) is 42.8. The number of rotatable bonds is 10. The van der Waals surface area contributed by atoms with E-state index in [0.717, 1.165) is 25.1 Å². The number of nitrogens with one attached hydrogen (secondary N) is 2. The van der Waals surface area contributed by atoms with Gasteiger partial charge < -0.3 is 46.5 Å². The van der Waals surface area contributed by atoms with E-state index < -0.39 is 21.6 Å². The SMILES string of the molecule is CO.Nc1cc(-c2ccc(F)cc2)ncc1[N+](=O)[O-].Nc1cnc(-c2ccc(F)cc2)cc1NC(=O)C1CCOCC1.O=C(Nc1cc(-c2ccc(F)cc2)ncc1[N+](=O)[O-])C1CCOCC1.O=C(O)C1CCOCC1. The maximum absolute atomic E-state index is 13.1. The normalized spacial score (nSPS) is 14.5. The molecule has 0 aliphatic carbocycles. The van der Waals surface area contributed by atoms with Crippen LogP contribution < -0.4 is 22.1 Å². The summed E-state index contributed by atoms with van der Waals surface area (Å²) in [5.41, 5.74) is 15.5. The van der Waals surface area contributed by atoms with Gasteiger partial charge >= 0.3 is 17.3 Å². The molecule has 24 heteroatoms. The molecule has 2 amide bonds. The van der Waals surface area contributed by atoms with Crippen molar-refractivity contribution >= 4 is 51.9 Å². The van der Waals surface area contributed by atoms with Crippen LogP contribution in [0.25, 0.3) is 33.8 Å². The second kappa shape index (κ2) is 29.4. The lowest BCUT2D eigenvalue weighted by molar-refractivity contribution is -0.384. The van der Waals surface area contributed by atoms with Gasteiger partial charge in [-0.25, -0.2) is 23.1 Å². The zero-order chi connectivity index (χ0) is 55.1. The molecule has 3 aromatic heterocycles. The summed E-state index contributed by atoms with van der Waals surface area (Å²) in [6.45, 7) is 3.41. The van der Waals surface area contributed by atoms with Gasteiger partial charge in [-0.05, 0) is 130 Å². The average Bonchev–Trinajstić information content (AvgIpc) is 3.44. The highest BCUT2D eigenvalue weighted by Gasteiger charge is 2.26.